The number of hydrogen-bond acceptors (Lipinski definition) is 1. The summed E-state index contributed by atoms with van der Waals surface area (Å²) in [7, 11) is 0. The Bertz CT molecular complexity index is 608. The van der Waals surface area contributed by atoms with E-state index in [9.17, 15) is 4.79 Å². The van der Waals surface area contributed by atoms with Crippen LogP contribution in [0.25, 0.3) is 0 Å². The van der Waals surface area contributed by atoms with E-state index in [1.54, 1.807) is 0 Å². The number of amides is 1. The standard InChI is InChI=1S/C17H17Br2NO/c1-11-7-6-8-12(2)16(11)20-17(21)15(19)14(18)13-9-4-3-5-10-13/h3-10,14-15H,1-2H3,(H,20,21). The first-order valence-corrected chi connectivity index (χ1v) is 8.54. The largest absolute Gasteiger partial charge is 0.325 e. The zero-order valence-electron chi connectivity index (χ0n) is 11.9. The van der Waals surface area contributed by atoms with Crippen molar-refractivity contribution in [3.63, 3.8) is 0 Å². The molecule has 0 aliphatic heterocycles. The molecule has 0 bridgehead atoms. The van der Waals surface area contributed by atoms with E-state index < -0.39 is 0 Å². The molecule has 0 saturated heterocycles. The molecular weight excluding hydrogens is 394 g/mol. The number of hydrogen-bond donors (Lipinski definition) is 1. The number of halogens is 2. The van der Waals surface area contributed by atoms with Gasteiger partial charge in [0.15, 0.2) is 0 Å². The Kier molecular flexibility index (Phi) is 5.59. The number of carbonyl (C=O) groups excluding carboxylic acids is 1. The van der Waals surface area contributed by atoms with Crippen LogP contribution in [0, 0.1) is 13.8 Å². The Labute approximate surface area is 142 Å². The first-order valence-electron chi connectivity index (χ1n) is 6.71. The molecule has 21 heavy (non-hydrogen) atoms. The van der Waals surface area contributed by atoms with E-state index in [1.807, 2.05) is 62.4 Å². The fourth-order valence-electron chi connectivity index (χ4n) is 2.14. The summed E-state index contributed by atoms with van der Waals surface area (Å²) in [6, 6.07) is 15.9. The average molecular weight is 411 g/mol. The lowest BCUT2D eigenvalue weighted by atomic mass is 10.1. The predicted octanol–water partition coefficient (Wildman–Crippen LogP) is 5.14. The minimum absolute atomic E-state index is 0.0573. The van der Waals surface area contributed by atoms with Crippen LogP contribution in [0.15, 0.2) is 48.5 Å². The van der Waals surface area contributed by atoms with Gasteiger partial charge in [-0.25, -0.2) is 0 Å². The number of rotatable bonds is 4. The van der Waals surface area contributed by atoms with E-state index in [4.69, 9.17) is 0 Å². The molecular formula is C17H17Br2NO. The van der Waals surface area contributed by atoms with Crippen LogP contribution >= 0.6 is 31.9 Å². The van der Waals surface area contributed by atoms with Crippen molar-refractivity contribution in [2.24, 2.45) is 0 Å². The number of aryl methyl sites for hydroxylation is 2. The summed E-state index contributed by atoms with van der Waals surface area (Å²) in [6.45, 7) is 3.99. The molecule has 0 spiro atoms. The topological polar surface area (TPSA) is 29.1 Å². The third kappa shape index (κ3) is 3.95. The van der Waals surface area contributed by atoms with E-state index in [0.29, 0.717) is 0 Å². The molecule has 0 heterocycles. The molecule has 0 saturated carbocycles. The molecule has 0 aromatic heterocycles. The highest BCUT2D eigenvalue weighted by Gasteiger charge is 2.25. The van der Waals surface area contributed by atoms with E-state index in [-0.39, 0.29) is 15.6 Å². The van der Waals surface area contributed by atoms with Gasteiger partial charge in [-0.05, 0) is 30.5 Å². The highest BCUT2D eigenvalue weighted by molar-refractivity contribution is 9.12. The second kappa shape index (κ2) is 7.23. The molecule has 0 radical (unpaired) electrons. The van der Waals surface area contributed by atoms with Crippen LogP contribution in [0.2, 0.25) is 0 Å². The molecule has 2 unspecified atom stereocenters. The van der Waals surface area contributed by atoms with Crippen molar-refractivity contribution in [2.75, 3.05) is 5.32 Å². The predicted molar refractivity (Wildman–Crippen MR) is 95.4 cm³/mol. The van der Waals surface area contributed by atoms with Crippen molar-refractivity contribution >= 4 is 43.5 Å². The van der Waals surface area contributed by atoms with Gasteiger partial charge < -0.3 is 5.32 Å². The van der Waals surface area contributed by atoms with Crippen LogP contribution in [-0.4, -0.2) is 10.7 Å². The first-order chi connectivity index (χ1) is 10.0. The SMILES string of the molecule is Cc1cccc(C)c1NC(=O)C(Br)C(Br)c1ccccc1. The van der Waals surface area contributed by atoms with Gasteiger partial charge in [-0.3, -0.25) is 4.79 Å². The van der Waals surface area contributed by atoms with Crippen LogP contribution < -0.4 is 5.32 Å². The smallest absolute Gasteiger partial charge is 0.239 e. The van der Waals surface area contributed by atoms with Crippen molar-refractivity contribution in [1.82, 2.24) is 0 Å². The van der Waals surface area contributed by atoms with Gasteiger partial charge in [0.05, 0.1) is 4.83 Å². The fourth-order valence-corrected chi connectivity index (χ4v) is 3.11. The Morgan fingerprint density at radius 2 is 1.52 bits per heavy atom. The second-order valence-corrected chi connectivity index (χ2v) is 6.94. The van der Waals surface area contributed by atoms with Gasteiger partial charge in [0, 0.05) is 5.69 Å². The number of benzene rings is 2. The van der Waals surface area contributed by atoms with Gasteiger partial charge in [-0.2, -0.15) is 0 Å². The number of alkyl halides is 2. The van der Waals surface area contributed by atoms with Gasteiger partial charge in [-0.15, -0.1) is 0 Å². The Hall–Kier alpha value is -1.13. The fraction of sp³-hybridized carbons (Fsp3) is 0.235. The number of anilines is 1. The Morgan fingerprint density at radius 3 is 2.10 bits per heavy atom. The molecule has 2 atom stereocenters. The maximum absolute atomic E-state index is 12.4. The van der Waals surface area contributed by atoms with Crippen molar-refractivity contribution in [2.45, 2.75) is 23.5 Å². The van der Waals surface area contributed by atoms with Crippen LogP contribution in [0.1, 0.15) is 21.5 Å². The highest BCUT2D eigenvalue weighted by atomic mass is 79.9. The summed E-state index contributed by atoms with van der Waals surface area (Å²) < 4.78 is 0. The Morgan fingerprint density at radius 1 is 0.952 bits per heavy atom. The lowest BCUT2D eigenvalue weighted by Crippen LogP contribution is -2.27. The molecule has 1 N–H and O–H groups in total. The van der Waals surface area contributed by atoms with Gasteiger partial charge in [-0.1, -0.05) is 80.4 Å². The van der Waals surface area contributed by atoms with Gasteiger partial charge >= 0.3 is 0 Å². The quantitative estimate of drug-likeness (QED) is 0.694. The zero-order valence-corrected chi connectivity index (χ0v) is 15.1. The monoisotopic (exact) mass is 409 g/mol. The lowest BCUT2D eigenvalue weighted by Gasteiger charge is -2.18. The molecule has 2 rings (SSSR count). The summed E-state index contributed by atoms with van der Waals surface area (Å²) in [5.41, 5.74) is 4.08. The summed E-state index contributed by atoms with van der Waals surface area (Å²) in [5.74, 6) is -0.0573. The van der Waals surface area contributed by atoms with E-state index >= 15 is 0 Å². The molecule has 2 nitrogen and oxygen atoms in total. The zero-order chi connectivity index (χ0) is 15.4. The average Bonchev–Trinajstić information content (AvgIpc) is 2.50. The maximum Gasteiger partial charge on any atom is 0.239 e. The lowest BCUT2D eigenvalue weighted by molar-refractivity contribution is -0.115. The van der Waals surface area contributed by atoms with Crippen molar-refractivity contribution < 1.29 is 4.79 Å². The summed E-state index contributed by atoms with van der Waals surface area (Å²) in [5, 5.41) is 3.01. The molecule has 0 aliphatic carbocycles. The Balaban J connectivity index is 2.13. The van der Waals surface area contributed by atoms with Gasteiger partial charge in [0.1, 0.15) is 4.83 Å². The molecule has 110 valence electrons. The molecule has 0 fully saturated rings. The van der Waals surface area contributed by atoms with Crippen LogP contribution in [0.4, 0.5) is 5.69 Å². The molecule has 2 aromatic rings. The third-order valence-electron chi connectivity index (χ3n) is 3.35. The highest BCUT2D eigenvalue weighted by Crippen LogP contribution is 2.32. The summed E-state index contributed by atoms with van der Waals surface area (Å²) >= 11 is 7.09. The van der Waals surface area contributed by atoms with Crippen molar-refractivity contribution in [1.29, 1.82) is 0 Å². The van der Waals surface area contributed by atoms with Gasteiger partial charge in [0.2, 0.25) is 5.91 Å². The number of nitrogens with one attached hydrogen (secondary N) is 1. The van der Waals surface area contributed by atoms with Crippen LogP contribution in [0.5, 0.6) is 0 Å². The minimum Gasteiger partial charge on any atom is -0.325 e. The normalized spacial score (nSPS) is 13.5. The molecule has 2 aromatic carbocycles. The molecule has 1 amide bonds. The van der Waals surface area contributed by atoms with Gasteiger partial charge in [0.25, 0.3) is 0 Å². The van der Waals surface area contributed by atoms with E-state index in [0.717, 1.165) is 22.4 Å². The molecule has 0 aliphatic rings. The van der Waals surface area contributed by atoms with Crippen molar-refractivity contribution in [3.8, 4) is 0 Å². The maximum atomic E-state index is 12.4. The van der Waals surface area contributed by atoms with Crippen molar-refractivity contribution in [3.05, 3.63) is 65.2 Å². The summed E-state index contributed by atoms with van der Waals surface area (Å²) in [6.07, 6.45) is 0. The second-order valence-electron chi connectivity index (χ2n) is 4.97. The third-order valence-corrected chi connectivity index (χ3v) is 6.07. The minimum atomic E-state index is -0.348. The van der Waals surface area contributed by atoms with Crippen LogP contribution in [0.3, 0.4) is 0 Å². The van der Waals surface area contributed by atoms with E-state index in [1.165, 1.54) is 0 Å². The van der Waals surface area contributed by atoms with E-state index in [2.05, 4.69) is 37.2 Å². The first kappa shape index (κ1) is 16.2. The number of carbonyl (C=O) groups is 1. The number of para-hydroxylation sites is 1. The molecule has 4 heteroatoms. The summed E-state index contributed by atoms with van der Waals surface area (Å²) in [4.78, 5) is 12.0. The van der Waals surface area contributed by atoms with Crippen LogP contribution in [-0.2, 0) is 4.79 Å².